The average molecular weight is 439 g/mol. The lowest BCUT2D eigenvalue weighted by Gasteiger charge is -2.33. The second-order valence-electron chi connectivity index (χ2n) is 8.10. The molecule has 1 fully saturated rings. The summed E-state index contributed by atoms with van der Waals surface area (Å²) in [4.78, 5) is 21.5. The molecule has 0 aliphatic carbocycles. The van der Waals surface area contributed by atoms with E-state index in [2.05, 4.69) is 15.0 Å². The van der Waals surface area contributed by atoms with Crippen LogP contribution in [0.4, 0.5) is 4.39 Å². The molecule has 3 aromatic rings. The topological polar surface area (TPSA) is 71.7 Å². The Kier molecular flexibility index (Phi) is 6.80. The number of likely N-dealkylation sites (tertiary alicyclic amines) is 1. The summed E-state index contributed by atoms with van der Waals surface area (Å²) in [6, 6.07) is 13.7. The highest BCUT2D eigenvalue weighted by atomic mass is 19.1. The molecule has 0 spiro atoms. The number of benzene rings is 2. The molecule has 0 bridgehead atoms. The monoisotopic (exact) mass is 438 g/mol. The minimum absolute atomic E-state index is 0.0806. The third-order valence-electron chi connectivity index (χ3n) is 5.76. The molecular weight excluding hydrogens is 411 g/mol. The van der Waals surface area contributed by atoms with Crippen molar-refractivity contribution in [1.29, 1.82) is 0 Å². The highest BCUT2D eigenvalue weighted by Gasteiger charge is 2.29. The molecule has 1 aromatic heterocycles. The molecule has 7 nitrogen and oxygen atoms in total. The zero-order chi connectivity index (χ0) is 22.5. The predicted octanol–water partition coefficient (Wildman–Crippen LogP) is 3.75. The Morgan fingerprint density at radius 3 is 2.81 bits per heavy atom. The van der Waals surface area contributed by atoms with Gasteiger partial charge < -0.3 is 14.2 Å². The van der Waals surface area contributed by atoms with Crippen molar-refractivity contribution in [1.82, 2.24) is 19.9 Å². The molecule has 1 atom stereocenters. The number of nitrogens with zero attached hydrogens (tertiary/aromatic N) is 4. The van der Waals surface area contributed by atoms with Gasteiger partial charge in [-0.2, -0.15) is 4.98 Å². The molecule has 8 heteroatoms. The fourth-order valence-corrected chi connectivity index (χ4v) is 4.11. The highest BCUT2D eigenvalue weighted by Crippen LogP contribution is 2.24. The van der Waals surface area contributed by atoms with Crippen LogP contribution in [0.1, 0.15) is 24.3 Å². The molecule has 4 rings (SSSR count). The van der Waals surface area contributed by atoms with E-state index < -0.39 is 0 Å². The van der Waals surface area contributed by atoms with E-state index in [1.807, 2.05) is 31.3 Å². The summed E-state index contributed by atoms with van der Waals surface area (Å²) in [5, 5.41) is 4.00. The Balaban J connectivity index is 1.36. The van der Waals surface area contributed by atoms with E-state index in [1.54, 1.807) is 24.1 Å². The molecule has 2 heterocycles. The van der Waals surface area contributed by atoms with E-state index in [9.17, 15) is 9.18 Å². The molecule has 168 valence electrons. The maximum atomic E-state index is 13.1. The molecular formula is C24H27FN4O3. The van der Waals surface area contributed by atoms with E-state index >= 15 is 0 Å². The van der Waals surface area contributed by atoms with Crippen molar-refractivity contribution in [3.8, 4) is 17.1 Å². The maximum Gasteiger partial charge on any atom is 0.241 e. The lowest BCUT2D eigenvalue weighted by atomic mass is 9.96. The first-order valence-corrected chi connectivity index (χ1v) is 10.7. The van der Waals surface area contributed by atoms with Crippen LogP contribution < -0.4 is 4.74 Å². The second kappa shape index (κ2) is 9.91. The van der Waals surface area contributed by atoms with Crippen LogP contribution in [0.25, 0.3) is 11.4 Å². The molecule has 1 aliphatic heterocycles. The molecule has 0 N–H and O–H groups in total. The molecule has 1 saturated heterocycles. The quantitative estimate of drug-likeness (QED) is 0.560. The molecule has 2 aromatic carbocycles. The predicted molar refractivity (Wildman–Crippen MR) is 117 cm³/mol. The fourth-order valence-electron chi connectivity index (χ4n) is 4.11. The zero-order valence-electron chi connectivity index (χ0n) is 18.3. The Bertz CT molecular complexity index is 1050. The first-order chi connectivity index (χ1) is 15.5. The summed E-state index contributed by atoms with van der Waals surface area (Å²) in [7, 11) is 3.47. The largest absolute Gasteiger partial charge is 0.496 e. The minimum atomic E-state index is -0.308. The number of hydrogen-bond acceptors (Lipinski definition) is 6. The zero-order valence-corrected chi connectivity index (χ0v) is 18.3. The number of amides is 1. The normalized spacial score (nSPS) is 16.7. The lowest BCUT2D eigenvalue weighted by Crippen LogP contribution is -2.43. The van der Waals surface area contributed by atoms with Gasteiger partial charge in [-0.3, -0.25) is 9.69 Å². The van der Waals surface area contributed by atoms with Crippen LogP contribution in [0, 0.1) is 11.7 Å². The van der Waals surface area contributed by atoms with Gasteiger partial charge in [0.1, 0.15) is 11.6 Å². The maximum absolute atomic E-state index is 13.1. The van der Waals surface area contributed by atoms with Crippen molar-refractivity contribution in [2.24, 2.45) is 5.92 Å². The third-order valence-corrected chi connectivity index (χ3v) is 5.76. The Morgan fingerprint density at radius 2 is 2.03 bits per heavy atom. The molecule has 1 amide bonds. The first kappa shape index (κ1) is 22.0. The van der Waals surface area contributed by atoms with Gasteiger partial charge in [0.05, 0.1) is 19.6 Å². The lowest BCUT2D eigenvalue weighted by molar-refractivity contribution is -0.136. The molecule has 32 heavy (non-hydrogen) atoms. The number of hydrogen-bond donors (Lipinski definition) is 0. The van der Waals surface area contributed by atoms with E-state index in [1.165, 1.54) is 12.1 Å². The smallest absolute Gasteiger partial charge is 0.241 e. The van der Waals surface area contributed by atoms with Crippen molar-refractivity contribution >= 4 is 5.91 Å². The van der Waals surface area contributed by atoms with Crippen molar-refractivity contribution in [3.05, 3.63) is 65.8 Å². The fraction of sp³-hybridized carbons (Fsp3) is 0.375. The molecule has 1 aliphatic rings. The molecule has 0 saturated carbocycles. The van der Waals surface area contributed by atoms with Crippen molar-refractivity contribution in [2.75, 3.05) is 27.2 Å². The van der Waals surface area contributed by atoms with Gasteiger partial charge in [0, 0.05) is 31.3 Å². The highest BCUT2D eigenvalue weighted by molar-refractivity contribution is 5.79. The Labute approximate surface area is 186 Å². The summed E-state index contributed by atoms with van der Waals surface area (Å²) in [6.07, 6.45) is 1.79. The molecule has 1 unspecified atom stereocenters. The van der Waals surface area contributed by atoms with Crippen LogP contribution in [0.3, 0.4) is 0 Å². The number of piperidine rings is 1. The van der Waals surface area contributed by atoms with Gasteiger partial charge in [-0.05, 0) is 49.7 Å². The van der Waals surface area contributed by atoms with Gasteiger partial charge in [-0.25, -0.2) is 4.39 Å². The Hall–Kier alpha value is -3.26. The summed E-state index contributed by atoms with van der Waals surface area (Å²) >= 11 is 0. The molecule has 0 radical (unpaired) electrons. The van der Waals surface area contributed by atoms with Crippen molar-refractivity contribution in [2.45, 2.75) is 25.9 Å². The van der Waals surface area contributed by atoms with Gasteiger partial charge in [-0.15, -0.1) is 0 Å². The van der Waals surface area contributed by atoms with E-state index in [0.717, 1.165) is 30.7 Å². The number of para-hydroxylation sites is 1. The summed E-state index contributed by atoms with van der Waals surface area (Å²) in [5.41, 5.74) is 1.68. The van der Waals surface area contributed by atoms with Crippen LogP contribution in [-0.4, -0.2) is 53.1 Å². The van der Waals surface area contributed by atoms with Gasteiger partial charge in [-0.1, -0.05) is 23.4 Å². The van der Waals surface area contributed by atoms with Crippen LogP contribution in [-0.2, 0) is 17.9 Å². The van der Waals surface area contributed by atoms with Gasteiger partial charge in [0.25, 0.3) is 0 Å². The van der Waals surface area contributed by atoms with Crippen LogP contribution >= 0.6 is 0 Å². The number of rotatable bonds is 7. The summed E-state index contributed by atoms with van der Waals surface area (Å²) in [5.74, 6) is 1.44. The number of methoxy groups -OCH3 is 1. The standard InChI is InChI=1S/C24H27FN4O3/c1-28(14-18-6-3-4-8-21(18)31-2)24(30)19-7-5-13-29(15-19)16-22-26-23(27-32-22)17-9-11-20(25)12-10-17/h3-4,6,8-12,19H,5,7,13-16H2,1-2H3. The van der Waals surface area contributed by atoms with Gasteiger partial charge in [0.15, 0.2) is 0 Å². The first-order valence-electron chi connectivity index (χ1n) is 10.7. The van der Waals surface area contributed by atoms with Crippen LogP contribution in [0.2, 0.25) is 0 Å². The number of ether oxygens (including phenoxy) is 1. The summed E-state index contributed by atoms with van der Waals surface area (Å²) in [6.45, 7) is 2.50. The van der Waals surface area contributed by atoms with Gasteiger partial charge >= 0.3 is 0 Å². The number of halogens is 1. The SMILES string of the molecule is COc1ccccc1CN(C)C(=O)C1CCCN(Cc2nc(-c3ccc(F)cc3)no2)C1. The van der Waals surface area contributed by atoms with E-state index in [4.69, 9.17) is 9.26 Å². The van der Waals surface area contributed by atoms with Crippen molar-refractivity contribution in [3.63, 3.8) is 0 Å². The van der Waals surface area contributed by atoms with E-state index in [0.29, 0.717) is 36.9 Å². The second-order valence-corrected chi connectivity index (χ2v) is 8.10. The summed E-state index contributed by atoms with van der Waals surface area (Å²) < 4.78 is 23.9. The van der Waals surface area contributed by atoms with Crippen LogP contribution in [0.5, 0.6) is 5.75 Å². The van der Waals surface area contributed by atoms with Crippen LogP contribution in [0.15, 0.2) is 53.1 Å². The Morgan fingerprint density at radius 1 is 1.25 bits per heavy atom. The average Bonchev–Trinajstić information content (AvgIpc) is 3.28. The number of carbonyl (C=O) groups excluding carboxylic acids is 1. The third kappa shape index (κ3) is 5.13. The van der Waals surface area contributed by atoms with E-state index in [-0.39, 0.29) is 17.6 Å². The van der Waals surface area contributed by atoms with Gasteiger partial charge in [0.2, 0.25) is 17.6 Å². The minimum Gasteiger partial charge on any atom is -0.496 e. The number of carbonyl (C=O) groups is 1. The van der Waals surface area contributed by atoms with Crippen molar-refractivity contribution < 1.29 is 18.4 Å². The number of aromatic nitrogens is 2.